The van der Waals surface area contributed by atoms with Crippen molar-refractivity contribution in [3.05, 3.63) is 71.3 Å². The minimum absolute atomic E-state index is 0.0581. The van der Waals surface area contributed by atoms with Crippen LogP contribution >= 0.6 is 0 Å². The Bertz CT molecular complexity index is 670. The van der Waals surface area contributed by atoms with E-state index in [1.165, 1.54) is 11.1 Å². The first kappa shape index (κ1) is 13.6. The van der Waals surface area contributed by atoms with E-state index in [1.54, 1.807) is 6.08 Å². The Labute approximate surface area is 125 Å². The molecule has 0 N–H and O–H groups in total. The molecule has 1 amide bonds. The summed E-state index contributed by atoms with van der Waals surface area (Å²) in [7, 11) is 0. The molecule has 106 valence electrons. The van der Waals surface area contributed by atoms with Gasteiger partial charge in [0.2, 0.25) is 0 Å². The highest BCUT2D eigenvalue weighted by molar-refractivity contribution is 6.04. The average molecular weight is 277 g/mol. The molecule has 0 aliphatic carbocycles. The van der Waals surface area contributed by atoms with Crippen molar-refractivity contribution in [3.63, 3.8) is 0 Å². The molecule has 0 saturated carbocycles. The molecular formula is C19H19NO. The number of hydrogen-bond donors (Lipinski definition) is 0. The Morgan fingerprint density at radius 1 is 1.10 bits per heavy atom. The van der Waals surface area contributed by atoms with Gasteiger partial charge in [0.25, 0.3) is 5.91 Å². The van der Waals surface area contributed by atoms with Crippen LogP contribution in [0.25, 0.3) is 6.08 Å². The van der Waals surface area contributed by atoms with Crippen molar-refractivity contribution in [2.24, 2.45) is 0 Å². The van der Waals surface area contributed by atoms with Gasteiger partial charge < -0.3 is 4.90 Å². The molecule has 2 nitrogen and oxygen atoms in total. The first-order valence-electron chi connectivity index (χ1n) is 7.38. The predicted molar refractivity (Wildman–Crippen MR) is 87.3 cm³/mol. The largest absolute Gasteiger partial charge is 0.309 e. The molecule has 0 unspecified atom stereocenters. The number of aryl methyl sites for hydroxylation is 2. The van der Waals surface area contributed by atoms with Crippen molar-refractivity contribution < 1.29 is 4.79 Å². The number of benzene rings is 2. The van der Waals surface area contributed by atoms with Gasteiger partial charge in [-0.2, -0.15) is 0 Å². The standard InChI is InChI=1S/C19H19NO/c1-15-8-10-16(11-9-15)12-13-19(21)20-14-4-6-17-5-2-3-7-18(17)20/h2-3,5,7-13H,4,6,14H2,1H3. The minimum Gasteiger partial charge on any atom is -0.309 e. The fraction of sp³-hybridized carbons (Fsp3) is 0.211. The number of nitrogens with zero attached hydrogens (tertiary/aromatic N) is 1. The molecular weight excluding hydrogens is 258 g/mol. The lowest BCUT2D eigenvalue weighted by Crippen LogP contribution is -2.34. The Balaban J connectivity index is 1.79. The van der Waals surface area contributed by atoms with Gasteiger partial charge in [0.1, 0.15) is 0 Å². The Morgan fingerprint density at radius 2 is 1.86 bits per heavy atom. The SMILES string of the molecule is Cc1ccc(C=CC(=O)N2CCCc3ccccc32)cc1. The van der Waals surface area contributed by atoms with Crippen molar-refractivity contribution >= 4 is 17.7 Å². The predicted octanol–water partition coefficient (Wildman–Crippen LogP) is 3.99. The molecule has 1 heterocycles. The highest BCUT2D eigenvalue weighted by Gasteiger charge is 2.20. The molecule has 3 rings (SSSR count). The third-order valence-corrected chi connectivity index (χ3v) is 3.87. The lowest BCUT2D eigenvalue weighted by atomic mass is 10.0. The summed E-state index contributed by atoms with van der Waals surface area (Å²) in [4.78, 5) is 14.3. The van der Waals surface area contributed by atoms with Crippen LogP contribution in [0.3, 0.4) is 0 Å². The Hall–Kier alpha value is -2.35. The summed E-state index contributed by atoms with van der Waals surface area (Å²) in [5.41, 5.74) is 4.60. The average Bonchev–Trinajstić information content (AvgIpc) is 2.53. The van der Waals surface area contributed by atoms with Crippen molar-refractivity contribution in [3.8, 4) is 0 Å². The molecule has 0 bridgehead atoms. The lowest BCUT2D eigenvalue weighted by molar-refractivity contribution is -0.114. The summed E-state index contributed by atoms with van der Waals surface area (Å²) in [6.07, 6.45) is 5.65. The zero-order valence-electron chi connectivity index (χ0n) is 12.3. The van der Waals surface area contributed by atoms with Crippen LogP contribution in [0, 0.1) is 6.92 Å². The van der Waals surface area contributed by atoms with E-state index in [2.05, 4.69) is 25.1 Å². The van der Waals surface area contributed by atoms with Gasteiger partial charge in [0, 0.05) is 18.3 Å². The summed E-state index contributed by atoms with van der Waals surface area (Å²) in [5.74, 6) is 0.0581. The second-order valence-electron chi connectivity index (χ2n) is 5.47. The van der Waals surface area contributed by atoms with E-state index in [0.717, 1.165) is 30.6 Å². The number of fused-ring (bicyclic) bond motifs is 1. The van der Waals surface area contributed by atoms with Gasteiger partial charge in [-0.3, -0.25) is 4.79 Å². The van der Waals surface area contributed by atoms with Crippen molar-refractivity contribution in [1.29, 1.82) is 0 Å². The summed E-state index contributed by atoms with van der Waals surface area (Å²) in [6.45, 7) is 2.86. The van der Waals surface area contributed by atoms with Crippen molar-refractivity contribution in [2.75, 3.05) is 11.4 Å². The van der Waals surface area contributed by atoms with E-state index in [4.69, 9.17) is 0 Å². The Morgan fingerprint density at radius 3 is 2.67 bits per heavy atom. The topological polar surface area (TPSA) is 20.3 Å². The van der Waals surface area contributed by atoms with Gasteiger partial charge >= 0.3 is 0 Å². The minimum atomic E-state index is 0.0581. The monoisotopic (exact) mass is 277 g/mol. The molecule has 1 aliphatic heterocycles. The van der Waals surface area contributed by atoms with Crippen LogP contribution < -0.4 is 4.90 Å². The van der Waals surface area contributed by atoms with E-state index < -0.39 is 0 Å². The molecule has 0 fully saturated rings. The quantitative estimate of drug-likeness (QED) is 0.760. The lowest BCUT2D eigenvalue weighted by Gasteiger charge is -2.28. The van der Waals surface area contributed by atoms with Crippen LogP contribution in [-0.2, 0) is 11.2 Å². The zero-order chi connectivity index (χ0) is 14.7. The number of para-hydroxylation sites is 1. The van der Waals surface area contributed by atoms with Crippen LogP contribution in [0.2, 0.25) is 0 Å². The molecule has 0 saturated heterocycles. The molecule has 2 aromatic carbocycles. The second-order valence-corrected chi connectivity index (χ2v) is 5.47. The third kappa shape index (κ3) is 3.05. The number of carbonyl (C=O) groups is 1. The van der Waals surface area contributed by atoms with E-state index in [-0.39, 0.29) is 5.91 Å². The number of carbonyl (C=O) groups excluding carboxylic acids is 1. The number of rotatable bonds is 2. The zero-order valence-corrected chi connectivity index (χ0v) is 12.3. The summed E-state index contributed by atoms with van der Waals surface area (Å²) in [6, 6.07) is 16.3. The second kappa shape index (κ2) is 5.96. The van der Waals surface area contributed by atoms with Gasteiger partial charge in [-0.25, -0.2) is 0 Å². The molecule has 0 aromatic heterocycles. The van der Waals surface area contributed by atoms with E-state index >= 15 is 0 Å². The maximum atomic E-state index is 12.4. The molecule has 2 heteroatoms. The molecule has 0 spiro atoms. The first-order chi connectivity index (χ1) is 10.2. The van der Waals surface area contributed by atoms with Gasteiger partial charge in [0.05, 0.1) is 0 Å². The smallest absolute Gasteiger partial charge is 0.250 e. The number of anilines is 1. The molecule has 2 aromatic rings. The third-order valence-electron chi connectivity index (χ3n) is 3.87. The summed E-state index contributed by atoms with van der Waals surface area (Å²) in [5, 5.41) is 0. The van der Waals surface area contributed by atoms with Gasteiger partial charge in [-0.1, -0.05) is 48.0 Å². The first-order valence-corrected chi connectivity index (χ1v) is 7.38. The van der Waals surface area contributed by atoms with E-state index in [9.17, 15) is 4.79 Å². The van der Waals surface area contributed by atoms with Gasteiger partial charge in [-0.05, 0) is 43.0 Å². The number of hydrogen-bond acceptors (Lipinski definition) is 1. The van der Waals surface area contributed by atoms with E-state index in [0.29, 0.717) is 0 Å². The molecule has 21 heavy (non-hydrogen) atoms. The highest BCUT2D eigenvalue weighted by Crippen LogP contribution is 2.26. The van der Waals surface area contributed by atoms with Crippen molar-refractivity contribution in [1.82, 2.24) is 0 Å². The van der Waals surface area contributed by atoms with Gasteiger partial charge in [0.15, 0.2) is 0 Å². The van der Waals surface area contributed by atoms with Crippen LogP contribution in [-0.4, -0.2) is 12.5 Å². The maximum Gasteiger partial charge on any atom is 0.250 e. The van der Waals surface area contributed by atoms with E-state index in [1.807, 2.05) is 41.3 Å². The maximum absolute atomic E-state index is 12.4. The Kier molecular flexibility index (Phi) is 3.87. The number of amides is 1. The molecule has 0 radical (unpaired) electrons. The fourth-order valence-corrected chi connectivity index (χ4v) is 2.70. The van der Waals surface area contributed by atoms with Crippen LogP contribution in [0.1, 0.15) is 23.1 Å². The van der Waals surface area contributed by atoms with Crippen LogP contribution in [0.15, 0.2) is 54.6 Å². The van der Waals surface area contributed by atoms with Crippen LogP contribution in [0.4, 0.5) is 5.69 Å². The summed E-state index contributed by atoms with van der Waals surface area (Å²) < 4.78 is 0. The van der Waals surface area contributed by atoms with Crippen LogP contribution in [0.5, 0.6) is 0 Å². The normalized spacial score (nSPS) is 14.2. The molecule has 0 atom stereocenters. The van der Waals surface area contributed by atoms with Gasteiger partial charge in [-0.15, -0.1) is 0 Å². The van der Waals surface area contributed by atoms with Crippen molar-refractivity contribution in [2.45, 2.75) is 19.8 Å². The molecule has 1 aliphatic rings. The fourth-order valence-electron chi connectivity index (χ4n) is 2.70. The highest BCUT2D eigenvalue weighted by atomic mass is 16.2. The summed E-state index contributed by atoms with van der Waals surface area (Å²) >= 11 is 0.